The molecular weight excluding hydrogens is 200 g/mol. The number of nitrogens with zero attached hydrogens (tertiary/aromatic N) is 3. The van der Waals surface area contributed by atoms with Crippen LogP contribution in [0.1, 0.15) is 20.8 Å². The third kappa shape index (κ3) is 2.39. The molecule has 14 heavy (non-hydrogen) atoms. The van der Waals surface area contributed by atoms with Gasteiger partial charge in [0.2, 0.25) is 5.17 Å². The van der Waals surface area contributed by atoms with E-state index in [0.717, 1.165) is 5.71 Å². The zero-order valence-corrected chi connectivity index (χ0v) is 9.76. The van der Waals surface area contributed by atoms with Crippen molar-refractivity contribution in [1.82, 2.24) is 5.01 Å². The summed E-state index contributed by atoms with van der Waals surface area (Å²) in [7, 11) is -1.18. The Labute approximate surface area is 86.5 Å². The minimum atomic E-state index is -1.18. The summed E-state index contributed by atoms with van der Waals surface area (Å²) in [6, 6.07) is 0. The predicted octanol–water partition coefficient (Wildman–Crippen LogP) is 0.312. The zero-order chi connectivity index (χ0) is 10.9. The summed E-state index contributed by atoms with van der Waals surface area (Å²) in [5.41, 5.74) is 0.844. The van der Waals surface area contributed by atoms with Gasteiger partial charge in [-0.05, 0) is 0 Å². The Hall–Kier alpha value is -0.750. The first kappa shape index (κ1) is 11.3. The quantitative estimate of drug-likeness (QED) is 0.592. The Kier molecular flexibility index (Phi) is 3.06. The number of hydrogen-bond donors (Lipinski definition) is 1. The van der Waals surface area contributed by atoms with Crippen LogP contribution in [0.5, 0.6) is 0 Å². The average Bonchev–Trinajstić information content (AvgIpc) is 2.01. The molecule has 80 valence electrons. The molecule has 0 saturated heterocycles. The van der Waals surface area contributed by atoms with Gasteiger partial charge in [-0.1, -0.05) is 20.8 Å². The van der Waals surface area contributed by atoms with Crippen molar-refractivity contribution in [1.29, 1.82) is 0 Å². The molecule has 0 aliphatic carbocycles. The van der Waals surface area contributed by atoms with Gasteiger partial charge in [-0.3, -0.25) is 9.22 Å². The number of hydrogen-bond acceptors (Lipinski definition) is 5. The lowest BCUT2D eigenvalue weighted by Gasteiger charge is -2.28. The highest BCUT2D eigenvalue weighted by atomic mass is 32.2. The van der Waals surface area contributed by atoms with Crippen LogP contribution in [0.3, 0.4) is 0 Å². The lowest BCUT2D eigenvalue weighted by Crippen LogP contribution is -2.47. The molecule has 6 heteroatoms. The largest absolute Gasteiger partial charge is 0.280 e. The maximum Gasteiger partial charge on any atom is 0.230 e. The van der Waals surface area contributed by atoms with E-state index in [-0.39, 0.29) is 5.41 Å². The van der Waals surface area contributed by atoms with E-state index in [2.05, 4.69) is 10.2 Å². The standard InChI is InChI=1S/C8H16N4OS/c1-8(2,3)6-5-12(9)7(11-10-6)14(4)13/h5,9H2,1-4H3. The summed E-state index contributed by atoms with van der Waals surface area (Å²) in [4.78, 5) is 0. The van der Waals surface area contributed by atoms with Gasteiger partial charge in [0.05, 0.1) is 23.1 Å². The van der Waals surface area contributed by atoms with Crippen molar-refractivity contribution in [3.8, 4) is 0 Å². The summed E-state index contributed by atoms with van der Waals surface area (Å²) in [6.45, 7) is 6.62. The van der Waals surface area contributed by atoms with Crippen LogP contribution in [0.4, 0.5) is 0 Å². The fraction of sp³-hybridized carbons (Fsp3) is 0.750. The third-order valence-corrected chi connectivity index (χ3v) is 2.78. The number of rotatable bonds is 0. The van der Waals surface area contributed by atoms with Gasteiger partial charge < -0.3 is 0 Å². The van der Waals surface area contributed by atoms with Crippen LogP contribution in [0.15, 0.2) is 10.2 Å². The molecule has 0 spiro atoms. The molecule has 0 aromatic rings. The molecule has 1 aliphatic rings. The van der Waals surface area contributed by atoms with E-state index in [0.29, 0.717) is 11.7 Å². The van der Waals surface area contributed by atoms with Crippen molar-refractivity contribution in [2.75, 3.05) is 12.8 Å². The van der Waals surface area contributed by atoms with Gasteiger partial charge in [0.1, 0.15) is 0 Å². The second kappa shape index (κ2) is 3.78. The second-order valence-corrected chi connectivity index (χ2v) is 5.53. The van der Waals surface area contributed by atoms with Crippen LogP contribution in [-0.2, 0) is 10.8 Å². The number of nitrogens with two attached hydrogens (primary N) is 1. The Morgan fingerprint density at radius 2 is 2.00 bits per heavy atom. The van der Waals surface area contributed by atoms with Crippen molar-refractivity contribution >= 4 is 21.7 Å². The first-order chi connectivity index (χ1) is 6.32. The van der Waals surface area contributed by atoms with Crippen LogP contribution in [0, 0.1) is 5.41 Å². The van der Waals surface area contributed by atoms with E-state index in [1.807, 2.05) is 20.8 Å². The first-order valence-corrected chi connectivity index (χ1v) is 5.89. The molecule has 1 unspecified atom stereocenters. The highest BCUT2D eigenvalue weighted by molar-refractivity contribution is 7.99. The highest BCUT2D eigenvalue weighted by Gasteiger charge is 2.26. The molecule has 0 radical (unpaired) electrons. The molecule has 1 rings (SSSR count). The number of hydrazine groups is 1. The first-order valence-electron chi connectivity index (χ1n) is 4.33. The molecule has 0 saturated carbocycles. The van der Waals surface area contributed by atoms with Crippen molar-refractivity contribution in [3.05, 3.63) is 0 Å². The van der Waals surface area contributed by atoms with Crippen molar-refractivity contribution in [2.24, 2.45) is 21.5 Å². The van der Waals surface area contributed by atoms with Crippen LogP contribution >= 0.6 is 0 Å². The summed E-state index contributed by atoms with van der Waals surface area (Å²) < 4.78 is 11.2. The van der Waals surface area contributed by atoms with E-state index in [1.54, 1.807) is 0 Å². The van der Waals surface area contributed by atoms with Crippen LogP contribution in [0.2, 0.25) is 0 Å². The van der Waals surface area contributed by atoms with Gasteiger partial charge in [0.25, 0.3) is 0 Å². The van der Waals surface area contributed by atoms with Gasteiger partial charge in [-0.15, -0.1) is 5.10 Å². The lowest BCUT2D eigenvalue weighted by molar-refractivity contribution is 0.465. The minimum absolute atomic E-state index is 0.0537. The van der Waals surface area contributed by atoms with Crippen molar-refractivity contribution in [2.45, 2.75) is 20.8 Å². The molecule has 0 bridgehead atoms. The molecule has 1 heterocycles. The van der Waals surface area contributed by atoms with Crippen LogP contribution in [-0.4, -0.2) is 32.9 Å². The van der Waals surface area contributed by atoms with Gasteiger partial charge in [-0.25, -0.2) is 5.84 Å². The van der Waals surface area contributed by atoms with Crippen LogP contribution in [0.25, 0.3) is 0 Å². The predicted molar refractivity (Wildman–Crippen MR) is 59.3 cm³/mol. The molecular formula is C8H16N4OS. The molecule has 1 atom stereocenters. The third-order valence-electron chi connectivity index (χ3n) is 1.94. The molecule has 1 aliphatic heterocycles. The SMILES string of the molecule is CS(=O)C1=NN=C(C(C)(C)C)CN1N. The Balaban J connectivity index is 2.95. The van der Waals surface area contributed by atoms with Crippen molar-refractivity contribution in [3.63, 3.8) is 0 Å². The Bertz CT molecular complexity index is 316. The van der Waals surface area contributed by atoms with Gasteiger partial charge in [0.15, 0.2) is 0 Å². The van der Waals surface area contributed by atoms with E-state index in [4.69, 9.17) is 5.84 Å². The summed E-state index contributed by atoms with van der Waals surface area (Å²) in [6.07, 6.45) is 1.54. The van der Waals surface area contributed by atoms with E-state index in [1.165, 1.54) is 11.3 Å². The summed E-state index contributed by atoms with van der Waals surface area (Å²) in [5.74, 6) is 5.70. The fourth-order valence-corrected chi connectivity index (χ4v) is 1.58. The molecule has 2 N–H and O–H groups in total. The average molecular weight is 216 g/mol. The molecule has 0 amide bonds. The molecule has 0 aromatic carbocycles. The smallest absolute Gasteiger partial charge is 0.230 e. The second-order valence-electron chi connectivity index (χ2n) is 4.26. The van der Waals surface area contributed by atoms with E-state index < -0.39 is 10.8 Å². The summed E-state index contributed by atoms with van der Waals surface area (Å²) >= 11 is 0. The maximum atomic E-state index is 11.2. The lowest BCUT2D eigenvalue weighted by atomic mass is 9.90. The van der Waals surface area contributed by atoms with Gasteiger partial charge in [0, 0.05) is 11.7 Å². The normalized spacial score (nSPS) is 20.2. The van der Waals surface area contributed by atoms with Crippen LogP contribution < -0.4 is 5.84 Å². The Morgan fingerprint density at radius 3 is 2.36 bits per heavy atom. The fourth-order valence-electron chi connectivity index (χ4n) is 1.03. The van der Waals surface area contributed by atoms with E-state index in [9.17, 15) is 4.21 Å². The van der Waals surface area contributed by atoms with Crippen molar-refractivity contribution < 1.29 is 4.21 Å². The van der Waals surface area contributed by atoms with Gasteiger partial charge >= 0.3 is 0 Å². The summed E-state index contributed by atoms with van der Waals surface area (Å²) in [5, 5.41) is 9.63. The van der Waals surface area contributed by atoms with E-state index >= 15 is 0 Å². The molecule has 5 nitrogen and oxygen atoms in total. The number of amidine groups is 1. The maximum absolute atomic E-state index is 11.2. The molecule has 0 aromatic heterocycles. The topological polar surface area (TPSA) is 71.0 Å². The highest BCUT2D eigenvalue weighted by Crippen LogP contribution is 2.19. The van der Waals surface area contributed by atoms with Gasteiger partial charge in [-0.2, -0.15) is 5.10 Å². The monoisotopic (exact) mass is 216 g/mol. The Morgan fingerprint density at radius 1 is 1.43 bits per heavy atom. The minimum Gasteiger partial charge on any atom is -0.280 e. The molecule has 0 fully saturated rings. The zero-order valence-electron chi connectivity index (χ0n) is 8.94.